The summed E-state index contributed by atoms with van der Waals surface area (Å²) in [7, 11) is 0. The second-order valence-electron chi connectivity index (χ2n) is 6.19. The molecule has 0 aliphatic heterocycles. The van der Waals surface area contributed by atoms with Crippen molar-refractivity contribution >= 4 is 15.9 Å². The van der Waals surface area contributed by atoms with E-state index in [0.717, 1.165) is 17.7 Å². The maximum Gasteiger partial charge on any atom is 0.122 e. The van der Waals surface area contributed by atoms with E-state index < -0.39 is 0 Å². The Hall–Kier alpha value is -0.500. The topological polar surface area (TPSA) is 9.23 Å². The molecule has 0 saturated heterocycles. The average molecular weight is 325 g/mol. The first-order valence-electron chi connectivity index (χ1n) is 7.33. The Kier molecular flexibility index (Phi) is 4.94. The molecule has 1 fully saturated rings. The smallest absolute Gasteiger partial charge is 0.122 e. The molecule has 1 saturated carbocycles. The van der Waals surface area contributed by atoms with Gasteiger partial charge in [-0.25, -0.2) is 0 Å². The summed E-state index contributed by atoms with van der Waals surface area (Å²) in [4.78, 5) is 0. The van der Waals surface area contributed by atoms with Gasteiger partial charge in [-0.2, -0.15) is 0 Å². The van der Waals surface area contributed by atoms with Crippen LogP contribution in [0.15, 0.2) is 12.1 Å². The molecule has 1 aromatic rings. The van der Waals surface area contributed by atoms with Gasteiger partial charge in [0.25, 0.3) is 0 Å². The highest BCUT2D eigenvalue weighted by Gasteiger charge is 2.32. The van der Waals surface area contributed by atoms with E-state index in [1.807, 2.05) is 0 Å². The van der Waals surface area contributed by atoms with Gasteiger partial charge < -0.3 is 4.74 Å². The third kappa shape index (κ3) is 3.53. The highest BCUT2D eigenvalue weighted by molar-refractivity contribution is 9.09. The predicted octanol–water partition coefficient (Wildman–Crippen LogP) is 5.34. The molecular weight excluding hydrogens is 300 g/mol. The largest absolute Gasteiger partial charge is 0.493 e. The standard InChI is InChI=1S/C17H25BrO/c1-13-9-14(2)15(3)16(10-13)19-12-17(11-18)7-5-4-6-8-17/h9-10H,4-8,11-12H2,1-3H3. The van der Waals surface area contributed by atoms with E-state index in [0.29, 0.717) is 5.41 Å². The zero-order valence-electron chi connectivity index (χ0n) is 12.4. The summed E-state index contributed by atoms with van der Waals surface area (Å²) < 4.78 is 6.20. The first-order valence-corrected chi connectivity index (χ1v) is 8.45. The first kappa shape index (κ1) is 14.9. The van der Waals surface area contributed by atoms with E-state index in [1.165, 1.54) is 48.8 Å². The summed E-state index contributed by atoms with van der Waals surface area (Å²) >= 11 is 3.71. The molecule has 1 aromatic carbocycles. The Morgan fingerprint density at radius 1 is 1.11 bits per heavy atom. The Balaban J connectivity index is 2.09. The maximum atomic E-state index is 6.20. The number of rotatable bonds is 4. The van der Waals surface area contributed by atoms with Crippen LogP contribution < -0.4 is 4.74 Å². The molecule has 0 aromatic heterocycles. The minimum Gasteiger partial charge on any atom is -0.493 e. The molecule has 2 rings (SSSR count). The van der Waals surface area contributed by atoms with Crippen molar-refractivity contribution in [1.29, 1.82) is 0 Å². The fourth-order valence-corrected chi connectivity index (χ4v) is 3.72. The van der Waals surface area contributed by atoms with Crippen LogP contribution in [0.1, 0.15) is 48.8 Å². The zero-order chi connectivity index (χ0) is 13.9. The fourth-order valence-electron chi connectivity index (χ4n) is 3.00. The normalized spacial score (nSPS) is 18.3. The van der Waals surface area contributed by atoms with Crippen molar-refractivity contribution in [3.63, 3.8) is 0 Å². The highest BCUT2D eigenvalue weighted by Crippen LogP contribution is 2.38. The van der Waals surface area contributed by atoms with Crippen LogP contribution >= 0.6 is 15.9 Å². The lowest BCUT2D eigenvalue weighted by Gasteiger charge is -2.35. The molecule has 0 N–H and O–H groups in total. The van der Waals surface area contributed by atoms with Crippen molar-refractivity contribution in [2.75, 3.05) is 11.9 Å². The lowest BCUT2D eigenvalue weighted by molar-refractivity contribution is 0.121. The van der Waals surface area contributed by atoms with Crippen LogP contribution in [-0.2, 0) is 0 Å². The van der Waals surface area contributed by atoms with Gasteiger partial charge in [-0.1, -0.05) is 41.3 Å². The summed E-state index contributed by atoms with van der Waals surface area (Å²) in [6.07, 6.45) is 6.67. The molecule has 2 heteroatoms. The maximum absolute atomic E-state index is 6.20. The molecule has 0 heterocycles. The molecule has 0 radical (unpaired) electrons. The van der Waals surface area contributed by atoms with Gasteiger partial charge in [0.15, 0.2) is 0 Å². The lowest BCUT2D eigenvalue weighted by Crippen LogP contribution is -2.32. The van der Waals surface area contributed by atoms with E-state index in [2.05, 4.69) is 48.8 Å². The second kappa shape index (κ2) is 6.30. The van der Waals surface area contributed by atoms with Crippen LogP contribution in [0.4, 0.5) is 0 Å². The van der Waals surface area contributed by atoms with Gasteiger partial charge in [-0.05, 0) is 56.4 Å². The SMILES string of the molecule is Cc1cc(C)c(C)c(OCC2(CBr)CCCCC2)c1. The summed E-state index contributed by atoms with van der Waals surface area (Å²) in [5, 5.41) is 1.06. The minimum absolute atomic E-state index is 0.350. The van der Waals surface area contributed by atoms with Crippen molar-refractivity contribution in [3.05, 3.63) is 28.8 Å². The van der Waals surface area contributed by atoms with Crippen molar-refractivity contribution in [2.45, 2.75) is 52.9 Å². The molecule has 0 unspecified atom stereocenters. The average Bonchev–Trinajstić information content (AvgIpc) is 2.42. The third-order valence-electron chi connectivity index (χ3n) is 4.50. The fraction of sp³-hybridized carbons (Fsp3) is 0.647. The molecule has 1 aliphatic carbocycles. The molecule has 106 valence electrons. The third-order valence-corrected chi connectivity index (χ3v) is 5.69. The Bertz CT molecular complexity index is 433. The van der Waals surface area contributed by atoms with E-state index in [9.17, 15) is 0 Å². The number of halogens is 1. The number of hydrogen-bond acceptors (Lipinski definition) is 1. The van der Waals surface area contributed by atoms with Crippen LogP contribution in [0.3, 0.4) is 0 Å². The second-order valence-corrected chi connectivity index (χ2v) is 6.75. The molecule has 1 aliphatic rings. The van der Waals surface area contributed by atoms with Crippen molar-refractivity contribution < 1.29 is 4.74 Å². The van der Waals surface area contributed by atoms with Gasteiger partial charge in [0.2, 0.25) is 0 Å². The Morgan fingerprint density at radius 2 is 1.79 bits per heavy atom. The van der Waals surface area contributed by atoms with Crippen molar-refractivity contribution in [3.8, 4) is 5.75 Å². The number of alkyl halides is 1. The van der Waals surface area contributed by atoms with Crippen LogP contribution in [0.25, 0.3) is 0 Å². The molecule has 0 bridgehead atoms. The van der Waals surface area contributed by atoms with Gasteiger partial charge in [0.1, 0.15) is 5.75 Å². The van der Waals surface area contributed by atoms with Crippen LogP contribution in [-0.4, -0.2) is 11.9 Å². The van der Waals surface area contributed by atoms with Crippen molar-refractivity contribution in [2.24, 2.45) is 5.41 Å². The molecule has 19 heavy (non-hydrogen) atoms. The number of ether oxygens (including phenoxy) is 1. The van der Waals surface area contributed by atoms with E-state index in [4.69, 9.17) is 4.74 Å². The van der Waals surface area contributed by atoms with E-state index in [1.54, 1.807) is 0 Å². The van der Waals surface area contributed by atoms with E-state index in [-0.39, 0.29) is 0 Å². The van der Waals surface area contributed by atoms with Crippen LogP contribution in [0.2, 0.25) is 0 Å². The van der Waals surface area contributed by atoms with Crippen LogP contribution in [0.5, 0.6) is 5.75 Å². The summed E-state index contributed by atoms with van der Waals surface area (Å²) in [6.45, 7) is 7.31. The zero-order valence-corrected chi connectivity index (χ0v) is 14.0. The van der Waals surface area contributed by atoms with Gasteiger partial charge in [0, 0.05) is 10.7 Å². The molecule has 0 spiro atoms. The summed E-state index contributed by atoms with van der Waals surface area (Å²) in [5.74, 6) is 1.07. The number of benzene rings is 1. The summed E-state index contributed by atoms with van der Waals surface area (Å²) in [6, 6.07) is 4.40. The lowest BCUT2D eigenvalue weighted by atomic mass is 9.76. The number of hydrogen-bond donors (Lipinski definition) is 0. The molecule has 0 atom stereocenters. The molecule has 1 nitrogen and oxygen atoms in total. The van der Waals surface area contributed by atoms with Gasteiger partial charge >= 0.3 is 0 Å². The van der Waals surface area contributed by atoms with Crippen molar-refractivity contribution in [1.82, 2.24) is 0 Å². The Labute approximate surface area is 125 Å². The van der Waals surface area contributed by atoms with E-state index >= 15 is 0 Å². The summed E-state index contributed by atoms with van der Waals surface area (Å²) in [5.41, 5.74) is 4.25. The van der Waals surface area contributed by atoms with Gasteiger partial charge in [-0.15, -0.1) is 0 Å². The minimum atomic E-state index is 0.350. The van der Waals surface area contributed by atoms with Crippen LogP contribution in [0, 0.1) is 26.2 Å². The molecular formula is C17H25BrO. The quantitative estimate of drug-likeness (QED) is 0.679. The first-order chi connectivity index (χ1) is 9.06. The predicted molar refractivity (Wildman–Crippen MR) is 85.5 cm³/mol. The van der Waals surface area contributed by atoms with Gasteiger partial charge in [-0.3, -0.25) is 0 Å². The monoisotopic (exact) mass is 324 g/mol. The number of aryl methyl sites for hydroxylation is 2. The van der Waals surface area contributed by atoms with Gasteiger partial charge in [0.05, 0.1) is 6.61 Å². The Morgan fingerprint density at radius 3 is 2.42 bits per heavy atom. The highest BCUT2D eigenvalue weighted by atomic mass is 79.9. The molecule has 0 amide bonds.